The summed E-state index contributed by atoms with van der Waals surface area (Å²) >= 11 is 0. The first kappa shape index (κ1) is 16.1. The van der Waals surface area contributed by atoms with E-state index in [0.29, 0.717) is 0 Å². The number of likely N-dealkylation sites (tertiary alicyclic amines) is 1. The summed E-state index contributed by atoms with van der Waals surface area (Å²) in [5, 5.41) is 9.58. The topological polar surface area (TPSA) is 41.9 Å². The molecule has 0 radical (unpaired) electrons. The average molecular weight is 293 g/mol. The Balaban J connectivity index is 2.15. The molecule has 1 unspecified atom stereocenters. The number of aliphatic hydroxyl groups excluding tert-OH is 1. The molecule has 1 aromatic carbocycles. The first-order chi connectivity index (χ1) is 10.0. The number of aliphatic hydroxyl groups is 1. The van der Waals surface area contributed by atoms with Crippen LogP contribution in [0.4, 0.5) is 0 Å². The molecule has 1 aliphatic rings. The number of nitrogens with zero attached hydrogens (tertiary/aromatic N) is 1. The van der Waals surface area contributed by atoms with Crippen molar-refractivity contribution in [3.63, 3.8) is 0 Å². The summed E-state index contributed by atoms with van der Waals surface area (Å²) < 4.78 is 10.7. The highest BCUT2D eigenvalue weighted by molar-refractivity contribution is 5.47. The summed E-state index contributed by atoms with van der Waals surface area (Å²) in [6.45, 7) is 7.45. The van der Waals surface area contributed by atoms with E-state index in [2.05, 4.69) is 24.8 Å². The Labute approximate surface area is 127 Å². The number of rotatable bonds is 5. The van der Waals surface area contributed by atoms with E-state index in [1.54, 1.807) is 14.2 Å². The molecule has 1 heterocycles. The maximum atomic E-state index is 9.58. The zero-order valence-corrected chi connectivity index (χ0v) is 13.6. The third-order valence-electron chi connectivity index (χ3n) is 4.48. The molecule has 1 fully saturated rings. The first-order valence-corrected chi connectivity index (χ1v) is 7.56. The third-order valence-corrected chi connectivity index (χ3v) is 4.48. The molecule has 0 aliphatic carbocycles. The summed E-state index contributed by atoms with van der Waals surface area (Å²) in [4.78, 5) is 2.42. The van der Waals surface area contributed by atoms with E-state index >= 15 is 0 Å². The molecular formula is C17H27NO3. The van der Waals surface area contributed by atoms with E-state index in [9.17, 15) is 5.11 Å². The Kier molecular flexibility index (Phi) is 5.12. The highest BCUT2D eigenvalue weighted by Crippen LogP contribution is 2.33. The maximum absolute atomic E-state index is 9.58. The summed E-state index contributed by atoms with van der Waals surface area (Å²) in [7, 11) is 3.33. The van der Waals surface area contributed by atoms with Gasteiger partial charge in [0.15, 0.2) is 11.5 Å². The Morgan fingerprint density at radius 3 is 2.52 bits per heavy atom. The second-order valence-electron chi connectivity index (χ2n) is 6.42. The predicted octanol–water partition coefficient (Wildman–Crippen LogP) is 2.61. The van der Waals surface area contributed by atoms with Gasteiger partial charge in [-0.3, -0.25) is 4.90 Å². The molecule has 0 aromatic heterocycles. The number of benzene rings is 1. The van der Waals surface area contributed by atoms with Gasteiger partial charge in [0.25, 0.3) is 0 Å². The van der Waals surface area contributed by atoms with Crippen LogP contribution in [0.15, 0.2) is 12.1 Å². The van der Waals surface area contributed by atoms with E-state index in [1.165, 1.54) is 11.1 Å². The molecule has 1 N–H and O–H groups in total. The number of hydrogen-bond donors (Lipinski definition) is 1. The zero-order valence-electron chi connectivity index (χ0n) is 13.6. The fraction of sp³-hybridized carbons (Fsp3) is 0.647. The normalized spacial score (nSPS) is 23.1. The maximum Gasteiger partial charge on any atom is 0.161 e. The van der Waals surface area contributed by atoms with Gasteiger partial charge in [0.05, 0.1) is 14.2 Å². The molecule has 1 atom stereocenters. The van der Waals surface area contributed by atoms with Gasteiger partial charge in [-0.15, -0.1) is 0 Å². The molecule has 0 amide bonds. The van der Waals surface area contributed by atoms with Crippen molar-refractivity contribution in [3.8, 4) is 11.5 Å². The van der Waals surface area contributed by atoms with Gasteiger partial charge in [-0.25, -0.2) is 0 Å². The predicted molar refractivity (Wildman–Crippen MR) is 84.0 cm³/mol. The molecule has 1 aromatic rings. The van der Waals surface area contributed by atoms with Crippen molar-refractivity contribution >= 4 is 0 Å². The minimum atomic E-state index is 0.0305. The van der Waals surface area contributed by atoms with Crippen LogP contribution in [0, 0.1) is 12.3 Å². The van der Waals surface area contributed by atoms with Gasteiger partial charge in [0.1, 0.15) is 0 Å². The first-order valence-electron chi connectivity index (χ1n) is 7.56. The molecule has 1 aliphatic heterocycles. The SMILES string of the molecule is COc1cc(C)c(CN2CCCC(C)(CO)C2)cc1OC. The van der Waals surface area contributed by atoms with Crippen LogP contribution in [0.5, 0.6) is 11.5 Å². The lowest BCUT2D eigenvalue weighted by Crippen LogP contribution is -2.43. The quantitative estimate of drug-likeness (QED) is 0.906. The third kappa shape index (κ3) is 3.69. The van der Waals surface area contributed by atoms with Crippen molar-refractivity contribution in [1.82, 2.24) is 4.90 Å². The van der Waals surface area contributed by atoms with Crippen LogP contribution < -0.4 is 9.47 Å². The van der Waals surface area contributed by atoms with E-state index < -0.39 is 0 Å². The number of hydrogen-bond acceptors (Lipinski definition) is 4. The molecule has 0 spiro atoms. The minimum absolute atomic E-state index is 0.0305. The number of piperidine rings is 1. The van der Waals surface area contributed by atoms with Crippen molar-refractivity contribution in [1.29, 1.82) is 0 Å². The number of methoxy groups -OCH3 is 2. The van der Waals surface area contributed by atoms with Gasteiger partial charge in [-0.1, -0.05) is 6.92 Å². The average Bonchev–Trinajstić information content (AvgIpc) is 2.49. The van der Waals surface area contributed by atoms with Crippen LogP contribution in [0.1, 0.15) is 30.9 Å². The van der Waals surface area contributed by atoms with Crippen LogP contribution in [0.3, 0.4) is 0 Å². The van der Waals surface area contributed by atoms with Crippen molar-refractivity contribution in [3.05, 3.63) is 23.3 Å². The van der Waals surface area contributed by atoms with E-state index in [0.717, 1.165) is 44.0 Å². The van der Waals surface area contributed by atoms with Crippen LogP contribution in [-0.2, 0) is 6.54 Å². The van der Waals surface area contributed by atoms with E-state index in [1.807, 2.05) is 6.07 Å². The Morgan fingerprint density at radius 1 is 1.24 bits per heavy atom. The van der Waals surface area contributed by atoms with Crippen molar-refractivity contribution < 1.29 is 14.6 Å². The van der Waals surface area contributed by atoms with Gasteiger partial charge >= 0.3 is 0 Å². The van der Waals surface area contributed by atoms with Gasteiger partial charge < -0.3 is 14.6 Å². The fourth-order valence-corrected chi connectivity index (χ4v) is 3.13. The highest BCUT2D eigenvalue weighted by Gasteiger charge is 2.30. The van der Waals surface area contributed by atoms with Gasteiger partial charge in [-0.2, -0.15) is 0 Å². The van der Waals surface area contributed by atoms with Crippen LogP contribution in [0.2, 0.25) is 0 Å². The van der Waals surface area contributed by atoms with Crippen molar-refractivity contribution in [2.75, 3.05) is 33.9 Å². The lowest BCUT2D eigenvalue weighted by atomic mass is 9.82. The largest absolute Gasteiger partial charge is 0.493 e. The molecule has 4 heteroatoms. The summed E-state index contributed by atoms with van der Waals surface area (Å²) in [6, 6.07) is 4.10. The number of aryl methyl sites for hydroxylation is 1. The summed E-state index contributed by atoms with van der Waals surface area (Å²) in [5.41, 5.74) is 2.50. The van der Waals surface area contributed by atoms with E-state index in [-0.39, 0.29) is 12.0 Å². The standard InChI is InChI=1S/C17H27NO3/c1-13-8-15(20-3)16(21-4)9-14(13)10-18-7-5-6-17(2,11-18)12-19/h8-9,19H,5-7,10-12H2,1-4H3. The molecule has 118 valence electrons. The minimum Gasteiger partial charge on any atom is -0.493 e. The summed E-state index contributed by atoms with van der Waals surface area (Å²) in [6.07, 6.45) is 2.24. The second kappa shape index (κ2) is 6.67. The molecule has 2 rings (SSSR count). The smallest absolute Gasteiger partial charge is 0.161 e. The van der Waals surface area contributed by atoms with Crippen LogP contribution in [0.25, 0.3) is 0 Å². The molecular weight excluding hydrogens is 266 g/mol. The van der Waals surface area contributed by atoms with Crippen LogP contribution >= 0.6 is 0 Å². The second-order valence-corrected chi connectivity index (χ2v) is 6.42. The molecule has 21 heavy (non-hydrogen) atoms. The summed E-state index contributed by atoms with van der Waals surface area (Å²) in [5.74, 6) is 1.55. The van der Waals surface area contributed by atoms with E-state index in [4.69, 9.17) is 9.47 Å². The number of ether oxygens (including phenoxy) is 2. The Hall–Kier alpha value is -1.26. The molecule has 0 bridgehead atoms. The fourth-order valence-electron chi connectivity index (χ4n) is 3.13. The Bertz CT molecular complexity index is 489. The Morgan fingerprint density at radius 2 is 1.90 bits per heavy atom. The van der Waals surface area contributed by atoms with Gasteiger partial charge in [-0.05, 0) is 49.6 Å². The zero-order chi connectivity index (χ0) is 15.5. The lowest BCUT2D eigenvalue weighted by Gasteiger charge is -2.39. The molecule has 1 saturated heterocycles. The molecule has 4 nitrogen and oxygen atoms in total. The highest BCUT2D eigenvalue weighted by atomic mass is 16.5. The lowest BCUT2D eigenvalue weighted by molar-refractivity contribution is 0.0428. The van der Waals surface area contributed by atoms with Crippen LogP contribution in [-0.4, -0.2) is 43.9 Å². The van der Waals surface area contributed by atoms with Gasteiger partial charge in [0, 0.05) is 25.1 Å². The van der Waals surface area contributed by atoms with Crippen molar-refractivity contribution in [2.24, 2.45) is 5.41 Å². The molecule has 0 saturated carbocycles. The monoisotopic (exact) mass is 293 g/mol. The van der Waals surface area contributed by atoms with Gasteiger partial charge in [0.2, 0.25) is 0 Å². The van der Waals surface area contributed by atoms with Crippen molar-refractivity contribution in [2.45, 2.75) is 33.2 Å².